The first-order valence-corrected chi connectivity index (χ1v) is 10.3. The van der Waals surface area contributed by atoms with E-state index >= 15 is 0 Å². The second kappa shape index (κ2) is 9.36. The van der Waals surface area contributed by atoms with Crippen LogP contribution in [-0.2, 0) is 17.7 Å². The number of nitrogens with one attached hydrogen (secondary N) is 5. The van der Waals surface area contributed by atoms with Crippen LogP contribution in [0.2, 0.25) is 0 Å². The van der Waals surface area contributed by atoms with Crippen LogP contribution in [0.25, 0.3) is 0 Å². The fourth-order valence-electron chi connectivity index (χ4n) is 4.00. The van der Waals surface area contributed by atoms with E-state index in [0.717, 1.165) is 82.2 Å². The van der Waals surface area contributed by atoms with Gasteiger partial charge in [0.2, 0.25) is 11.6 Å². The van der Waals surface area contributed by atoms with Crippen molar-refractivity contribution in [2.24, 2.45) is 0 Å². The smallest absolute Gasteiger partial charge is 0.237 e. The van der Waals surface area contributed by atoms with E-state index in [0.29, 0.717) is 0 Å². The van der Waals surface area contributed by atoms with Gasteiger partial charge in [0.05, 0.1) is 59.0 Å². The Hall–Kier alpha value is -1.88. The minimum Gasteiger partial charge on any atom is -0.375 e. The van der Waals surface area contributed by atoms with Crippen LogP contribution in [0.1, 0.15) is 36.0 Å². The molecular weight excluding hydrogens is 340 g/mol. The Morgan fingerprint density at radius 1 is 1.30 bits per heavy atom. The molecule has 3 rings (SSSR count). The van der Waals surface area contributed by atoms with Crippen molar-refractivity contribution in [1.82, 2.24) is 0 Å². The van der Waals surface area contributed by atoms with Gasteiger partial charge in [-0.25, -0.2) is 4.98 Å². The van der Waals surface area contributed by atoms with Crippen molar-refractivity contribution in [1.29, 1.82) is 5.26 Å². The van der Waals surface area contributed by atoms with Crippen LogP contribution in [0.15, 0.2) is 0 Å². The number of anilines is 2. The first-order chi connectivity index (χ1) is 13.1. The molecule has 1 fully saturated rings. The van der Waals surface area contributed by atoms with Crippen molar-refractivity contribution in [3.05, 3.63) is 16.7 Å². The molecule has 2 aliphatic heterocycles. The van der Waals surface area contributed by atoms with Gasteiger partial charge in [-0.1, -0.05) is 0 Å². The topological polar surface area (TPSA) is 80.1 Å². The van der Waals surface area contributed by atoms with Gasteiger partial charge in [-0.2, -0.15) is 5.26 Å². The minimum atomic E-state index is 0.290. The van der Waals surface area contributed by atoms with Crippen LogP contribution in [0.5, 0.6) is 0 Å². The van der Waals surface area contributed by atoms with Crippen LogP contribution in [-0.4, -0.2) is 60.0 Å². The zero-order chi connectivity index (χ0) is 19.2. The number of pyridine rings is 1. The van der Waals surface area contributed by atoms with Crippen molar-refractivity contribution in [3.8, 4) is 6.07 Å². The number of hydrogen-bond acceptors (Lipinski definition) is 4. The van der Waals surface area contributed by atoms with Gasteiger partial charge < -0.3 is 25.2 Å². The molecule has 7 nitrogen and oxygen atoms in total. The Morgan fingerprint density at radius 3 is 2.85 bits per heavy atom. The maximum atomic E-state index is 9.82. The van der Waals surface area contributed by atoms with Crippen molar-refractivity contribution in [2.75, 3.05) is 64.6 Å². The highest BCUT2D eigenvalue weighted by Crippen LogP contribution is 2.26. The normalized spacial score (nSPS) is 21.7. The van der Waals surface area contributed by atoms with E-state index in [1.807, 2.05) is 0 Å². The standard InChI is InChI=1S/C20H32N6O/c1-25(2)9-5-8-22-19-17(12-21)16-7-10-26(3)14-18(16)20(24-19)23-13-15-6-4-11-27-15/h15H,4-11,13-14H2,1-3H3,(H2,22,23,24)/p+3/t15-/m1/s1. The largest absolute Gasteiger partial charge is 0.375 e. The Kier molecular flexibility index (Phi) is 6.89. The summed E-state index contributed by atoms with van der Waals surface area (Å²) in [7, 11) is 6.55. The summed E-state index contributed by atoms with van der Waals surface area (Å²) in [5.41, 5.74) is 3.26. The summed E-state index contributed by atoms with van der Waals surface area (Å²) in [6.07, 6.45) is 4.58. The number of quaternary nitrogens is 2. The van der Waals surface area contributed by atoms with Gasteiger partial charge in [0.1, 0.15) is 18.2 Å². The van der Waals surface area contributed by atoms with Gasteiger partial charge in [0, 0.05) is 19.4 Å². The van der Waals surface area contributed by atoms with E-state index in [9.17, 15) is 5.26 Å². The lowest BCUT2D eigenvalue weighted by molar-refractivity contribution is -0.895. The van der Waals surface area contributed by atoms with E-state index in [1.54, 1.807) is 0 Å². The molecular formula is C20H35N6O+3. The fraction of sp³-hybridized carbons (Fsp3) is 0.700. The summed E-state index contributed by atoms with van der Waals surface area (Å²) in [6, 6.07) is 2.45. The SMILES string of the molecule is C[NH+](C)CCCNc1[nH+]c(NC[C@H]2CCCO2)c2c(c1C#N)CC[NH+](C)C2. The quantitative estimate of drug-likeness (QED) is 0.416. The third-order valence-corrected chi connectivity index (χ3v) is 5.55. The molecule has 1 aromatic heterocycles. The van der Waals surface area contributed by atoms with E-state index < -0.39 is 0 Å². The zero-order valence-electron chi connectivity index (χ0n) is 17.0. The summed E-state index contributed by atoms with van der Waals surface area (Å²) in [4.78, 5) is 6.43. The second-order valence-corrected chi connectivity index (χ2v) is 8.21. The second-order valence-electron chi connectivity index (χ2n) is 8.21. The Bertz CT molecular complexity index is 678. The highest BCUT2D eigenvalue weighted by molar-refractivity contribution is 5.60. The number of likely N-dealkylation sites (N-methyl/N-ethyl adjacent to an activating group) is 1. The molecule has 0 spiro atoms. The summed E-state index contributed by atoms with van der Waals surface area (Å²) < 4.78 is 5.76. The zero-order valence-corrected chi connectivity index (χ0v) is 17.0. The molecule has 3 heterocycles. The van der Waals surface area contributed by atoms with Crippen LogP contribution < -0.4 is 25.4 Å². The lowest BCUT2D eigenvalue weighted by Gasteiger charge is -2.25. The van der Waals surface area contributed by atoms with E-state index in [4.69, 9.17) is 4.74 Å². The average molecular weight is 376 g/mol. The highest BCUT2D eigenvalue weighted by Gasteiger charge is 2.29. The molecule has 148 valence electrons. The molecule has 0 aliphatic carbocycles. The first kappa shape index (κ1) is 19.9. The van der Waals surface area contributed by atoms with Crippen LogP contribution in [0, 0.1) is 11.3 Å². The molecule has 7 heteroatoms. The van der Waals surface area contributed by atoms with Crippen molar-refractivity contribution < 1.29 is 19.5 Å². The minimum absolute atomic E-state index is 0.290. The summed E-state index contributed by atoms with van der Waals surface area (Å²) in [5, 5.41) is 16.9. The molecule has 0 radical (unpaired) electrons. The van der Waals surface area contributed by atoms with Crippen LogP contribution in [0.3, 0.4) is 0 Å². The van der Waals surface area contributed by atoms with Crippen molar-refractivity contribution in [2.45, 2.75) is 38.3 Å². The molecule has 0 saturated carbocycles. The lowest BCUT2D eigenvalue weighted by Crippen LogP contribution is -3.08. The number of nitriles is 1. The molecule has 1 aromatic rings. The summed E-state index contributed by atoms with van der Waals surface area (Å²) in [5.74, 6) is 1.92. The van der Waals surface area contributed by atoms with Crippen LogP contribution >= 0.6 is 0 Å². The third-order valence-electron chi connectivity index (χ3n) is 5.55. The molecule has 1 saturated heterocycles. The molecule has 2 atom stereocenters. The van der Waals surface area contributed by atoms with Crippen molar-refractivity contribution >= 4 is 11.6 Å². The van der Waals surface area contributed by atoms with Gasteiger partial charge in [-0.3, -0.25) is 0 Å². The molecule has 5 N–H and O–H groups in total. The number of aromatic amines is 1. The fourth-order valence-corrected chi connectivity index (χ4v) is 4.00. The van der Waals surface area contributed by atoms with Gasteiger partial charge in [-0.15, -0.1) is 0 Å². The number of aromatic nitrogens is 1. The number of fused-ring (bicyclic) bond motifs is 1. The predicted octanol–water partition coefficient (Wildman–Crippen LogP) is -1.52. The average Bonchev–Trinajstić information content (AvgIpc) is 3.16. The van der Waals surface area contributed by atoms with Gasteiger partial charge in [0.15, 0.2) is 0 Å². The maximum Gasteiger partial charge on any atom is 0.237 e. The number of nitrogens with zero attached hydrogens (tertiary/aromatic N) is 1. The lowest BCUT2D eigenvalue weighted by atomic mass is 9.96. The molecule has 0 amide bonds. The summed E-state index contributed by atoms with van der Waals surface area (Å²) in [6.45, 7) is 5.68. The van der Waals surface area contributed by atoms with E-state index in [-0.39, 0.29) is 6.10 Å². The molecule has 2 aliphatic rings. The molecule has 1 unspecified atom stereocenters. The van der Waals surface area contributed by atoms with E-state index in [1.165, 1.54) is 20.9 Å². The number of H-pyrrole nitrogens is 1. The van der Waals surface area contributed by atoms with Gasteiger partial charge >= 0.3 is 0 Å². The van der Waals surface area contributed by atoms with Gasteiger partial charge in [-0.05, 0) is 18.4 Å². The molecule has 0 aromatic carbocycles. The highest BCUT2D eigenvalue weighted by atomic mass is 16.5. The third kappa shape index (κ3) is 5.10. The number of ether oxygens (including phenoxy) is 1. The number of hydrogen-bond donors (Lipinski definition) is 4. The molecule has 0 bridgehead atoms. The monoisotopic (exact) mass is 375 g/mol. The van der Waals surface area contributed by atoms with Crippen molar-refractivity contribution in [3.63, 3.8) is 0 Å². The Labute approximate surface area is 162 Å². The number of rotatable bonds is 8. The van der Waals surface area contributed by atoms with E-state index in [2.05, 4.69) is 42.8 Å². The Morgan fingerprint density at radius 2 is 2.15 bits per heavy atom. The summed E-state index contributed by atoms with van der Waals surface area (Å²) >= 11 is 0. The first-order valence-electron chi connectivity index (χ1n) is 10.3. The predicted molar refractivity (Wildman–Crippen MR) is 105 cm³/mol. The molecule has 27 heavy (non-hydrogen) atoms. The van der Waals surface area contributed by atoms with Gasteiger partial charge in [0.25, 0.3) is 0 Å². The Balaban J connectivity index is 1.81. The maximum absolute atomic E-state index is 9.82. The van der Waals surface area contributed by atoms with Crippen LogP contribution in [0.4, 0.5) is 11.6 Å².